The Bertz CT molecular complexity index is 1130. The van der Waals surface area contributed by atoms with Gasteiger partial charge in [-0.15, -0.1) is 0 Å². The molecule has 8 nitrogen and oxygen atoms in total. The van der Waals surface area contributed by atoms with E-state index in [1.165, 1.54) is 0 Å². The largest absolute Gasteiger partial charge is 0.457 e. The predicted molar refractivity (Wildman–Crippen MR) is 133 cm³/mol. The van der Waals surface area contributed by atoms with Crippen LogP contribution in [0.2, 0.25) is 0 Å². The van der Waals surface area contributed by atoms with Crippen molar-refractivity contribution in [2.45, 2.75) is 51.4 Å². The lowest BCUT2D eigenvalue weighted by atomic mass is 10.0. The summed E-state index contributed by atoms with van der Waals surface area (Å²) in [7, 11) is 0. The molecule has 2 aliphatic heterocycles. The molecular weight excluding hydrogens is 458 g/mol. The molecule has 8 heteroatoms. The van der Waals surface area contributed by atoms with E-state index in [0.29, 0.717) is 44.2 Å². The molecule has 5 rings (SSSR count). The van der Waals surface area contributed by atoms with Crippen molar-refractivity contribution in [3.63, 3.8) is 0 Å². The highest BCUT2D eigenvalue weighted by Crippen LogP contribution is 2.32. The zero-order valence-electron chi connectivity index (χ0n) is 20.7. The van der Waals surface area contributed by atoms with Crippen molar-refractivity contribution < 1.29 is 23.9 Å². The fraction of sp³-hybridized carbons (Fsp3) is 0.464. The number of benzene rings is 2. The maximum atomic E-state index is 13.1. The third kappa shape index (κ3) is 5.87. The fourth-order valence-corrected chi connectivity index (χ4v) is 4.90. The lowest BCUT2D eigenvalue weighted by Crippen LogP contribution is -2.58. The quantitative estimate of drug-likeness (QED) is 0.698. The van der Waals surface area contributed by atoms with Crippen LogP contribution in [0.1, 0.15) is 37.3 Å². The number of likely N-dealkylation sites (N-methyl/N-ethyl adjacent to an activating group) is 1. The van der Waals surface area contributed by atoms with Gasteiger partial charge in [-0.1, -0.05) is 24.3 Å². The summed E-state index contributed by atoms with van der Waals surface area (Å²) < 4.78 is 12.4. The molecule has 1 aliphatic carbocycles. The molecule has 3 amide bonds. The molecule has 1 saturated heterocycles. The van der Waals surface area contributed by atoms with E-state index in [4.69, 9.17) is 9.47 Å². The molecule has 1 saturated carbocycles. The first-order valence-electron chi connectivity index (χ1n) is 12.8. The Kier molecular flexibility index (Phi) is 7.23. The lowest BCUT2D eigenvalue weighted by Gasteiger charge is -2.39. The summed E-state index contributed by atoms with van der Waals surface area (Å²) in [5, 5.41) is 3.08. The van der Waals surface area contributed by atoms with Crippen LogP contribution in [0.15, 0.2) is 48.5 Å². The summed E-state index contributed by atoms with van der Waals surface area (Å²) in [5.41, 5.74) is 1.78. The molecule has 0 spiro atoms. The Hall–Kier alpha value is -3.39. The maximum Gasteiger partial charge on any atom is 0.239 e. The van der Waals surface area contributed by atoms with Gasteiger partial charge in [0, 0.05) is 25.6 Å². The number of nitrogens with zero attached hydrogens (tertiary/aromatic N) is 2. The number of ether oxygens (including phenoxy) is 2. The van der Waals surface area contributed by atoms with Crippen molar-refractivity contribution in [2.75, 3.05) is 26.2 Å². The Morgan fingerprint density at radius 2 is 1.75 bits per heavy atom. The average Bonchev–Trinajstić information content (AvgIpc) is 3.71. The standard InChI is InChI=1S/C28H33N3O5/c1-2-30-17-26(32)29-24-16-31(28(34)21-9-10-21)12-11-25(24)35-18-20-6-4-8-23(14-20)36-22-7-3-5-19(13-22)15-27(30)33/h3-8,13-14,21,24-25H,2,9-12,15-18H2,1H3,(H,29,32)/t24-,25-/m0/s1. The van der Waals surface area contributed by atoms with E-state index >= 15 is 0 Å². The van der Waals surface area contributed by atoms with Gasteiger partial charge >= 0.3 is 0 Å². The highest BCUT2D eigenvalue weighted by Gasteiger charge is 2.39. The zero-order valence-corrected chi connectivity index (χ0v) is 20.7. The van der Waals surface area contributed by atoms with Crippen molar-refractivity contribution in [1.29, 1.82) is 0 Å². The van der Waals surface area contributed by atoms with E-state index < -0.39 is 0 Å². The van der Waals surface area contributed by atoms with Crippen LogP contribution in [0.4, 0.5) is 0 Å². The molecule has 2 aromatic rings. The molecule has 2 heterocycles. The van der Waals surface area contributed by atoms with Crippen molar-refractivity contribution in [2.24, 2.45) is 5.92 Å². The summed E-state index contributed by atoms with van der Waals surface area (Å²) in [5.74, 6) is 1.27. The number of likely N-dealkylation sites (tertiary alicyclic amines) is 1. The van der Waals surface area contributed by atoms with Gasteiger partial charge in [0.05, 0.1) is 31.7 Å². The van der Waals surface area contributed by atoms with E-state index in [2.05, 4.69) is 5.32 Å². The Morgan fingerprint density at radius 1 is 1.03 bits per heavy atom. The summed E-state index contributed by atoms with van der Waals surface area (Å²) in [6, 6.07) is 14.8. The van der Waals surface area contributed by atoms with Crippen LogP contribution in [0.3, 0.4) is 0 Å². The molecule has 0 radical (unpaired) electrons. The van der Waals surface area contributed by atoms with Crippen molar-refractivity contribution in [1.82, 2.24) is 15.1 Å². The van der Waals surface area contributed by atoms with Gasteiger partial charge in [0.25, 0.3) is 0 Å². The summed E-state index contributed by atoms with van der Waals surface area (Å²) >= 11 is 0. The summed E-state index contributed by atoms with van der Waals surface area (Å²) in [6.45, 7) is 3.65. The van der Waals surface area contributed by atoms with Gasteiger partial charge in [-0.3, -0.25) is 14.4 Å². The van der Waals surface area contributed by atoms with Crippen LogP contribution < -0.4 is 10.1 Å². The van der Waals surface area contributed by atoms with E-state index in [-0.39, 0.29) is 48.8 Å². The van der Waals surface area contributed by atoms with Gasteiger partial charge in [0.2, 0.25) is 17.7 Å². The minimum Gasteiger partial charge on any atom is -0.457 e. The number of amides is 3. The van der Waals surface area contributed by atoms with Gasteiger partial charge in [-0.25, -0.2) is 0 Å². The predicted octanol–water partition coefficient (Wildman–Crippen LogP) is 2.90. The topological polar surface area (TPSA) is 88.2 Å². The zero-order chi connectivity index (χ0) is 25.1. The van der Waals surface area contributed by atoms with Crippen LogP contribution in [0.5, 0.6) is 11.5 Å². The molecule has 4 bridgehead atoms. The molecule has 36 heavy (non-hydrogen) atoms. The van der Waals surface area contributed by atoms with Crippen molar-refractivity contribution in [3.8, 4) is 11.5 Å². The van der Waals surface area contributed by atoms with E-state index in [9.17, 15) is 14.4 Å². The second kappa shape index (κ2) is 10.7. The SMILES string of the molecule is CCN1CC(=O)N[C@H]2CN(C(=O)C3CC3)CC[C@@H]2OCc2cccc(c2)Oc2cccc(c2)CC1=O. The highest BCUT2D eigenvalue weighted by atomic mass is 16.5. The smallest absolute Gasteiger partial charge is 0.239 e. The van der Waals surface area contributed by atoms with Gasteiger partial charge in [0.1, 0.15) is 11.5 Å². The molecular formula is C28H33N3O5. The lowest BCUT2D eigenvalue weighted by molar-refractivity contribution is -0.139. The number of nitrogens with one attached hydrogen (secondary N) is 1. The maximum absolute atomic E-state index is 13.1. The Labute approximate surface area is 211 Å². The van der Waals surface area contributed by atoms with Crippen LogP contribution >= 0.6 is 0 Å². The first-order chi connectivity index (χ1) is 17.5. The molecule has 2 aromatic carbocycles. The van der Waals surface area contributed by atoms with Crippen LogP contribution in [-0.4, -0.2) is 65.8 Å². The van der Waals surface area contributed by atoms with E-state index in [0.717, 1.165) is 24.0 Å². The van der Waals surface area contributed by atoms with Gasteiger partial charge in [-0.2, -0.15) is 0 Å². The first kappa shape index (κ1) is 24.3. The molecule has 0 aromatic heterocycles. The normalized spacial score (nSPS) is 23.2. The highest BCUT2D eigenvalue weighted by molar-refractivity contribution is 5.86. The molecule has 0 unspecified atom stereocenters. The van der Waals surface area contributed by atoms with Crippen LogP contribution in [-0.2, 0) is 32.1 Å². The summed E-state index contributed by atoms with van der Waals surface area (Å²) in [6.07, 6.45) is 2.47. The minimum atomic E-state index is -0.340. The minimum absolute atomic E-state index is 0.0356. The van der Waals surface area contributed by atoms with Gasteiger partial charge < -0.3 is 24.6 Å². The summed E-state index contributed by atoms with van der Waals surface area (Å²) in [4.78, 5) is 42.2. The number of fused-ring (bicyclic) bond motifs is 5. The number of hydrogen-bond acceptors (Lipinski definition) is 5. The molecule has 190 valence electrons. The molecule has 2 atom stereocenters. The third-order valence-electron chi connectivity index (χ3n) is 7.05. The Balaban J connectivity index is 1.40. The average molecular weight is 492 g/mol. The second-order valence-corrected chi connectivity index (χ2v) is 9.85. The number of rotatable bonds is 2. The second-order valence-electron chi connectivity index (χ2n) is 9.85. The van der Waals surface area contributed by atoms with Crippen molar-refractivity contribution in [3.05, 3.63) is 59.7 Å². The van der Waals surface area contributed by atoms with Gasteiger partial charge in [0.15, 0.2) is 0 Å². The van der Waals surface area contributed by atoms with Crippen molar-refractivity contribution >= 4 is 17.7 Å². The Morgan fingerprint density at radius 3 is 2.47 bits per heavy atom. The fourth-order valence-electron chi connectivity index (χ4n) is 4.90. The van der Waals surface area contributed by atoms with E-state index in [1.54, 1.807) is 4.90 Å². The number of carbonyl (C=O) groups excluding carboxylic acids is 3. The van der Waals surface area contributed by atoms with E-state index in [1.807, 2.05) is 60.4 Å². The number of carbonyl (C=O) groups is 3. The van der Waals surface area contributed by atoms with Crippen LogP contribution in [0.25, 0.3) is 0 Å². The molecule has 3 aliphatic rings. The number of hydrogen-bond donors (Lipinski definition) is 1. The van der Waals surface area contributed by atoms with Gasteiger partial charge in [-0.05, 0) is 61.6 Å². The number of piperidine rings is 1. The molecule has 1 N–H and O–H groups in total. The molecule has 2 fully saturated rings. The monoisotopic (exact) mass is 491 g/mol. The first-order valence-corrected chi connectivity index (χ1v) is 12.8. The van der Waals surface area contributed by atoms with Crippen LogP contribution in [0, 0.1) is 5.92 Å². The third-order valence-corrected chi connectivity index (χ3v) is 7.05.